The lowest BCUT2D eigenvalue weighted by atomic mass is 9.83. The molecule has 1 N–H and O–H groups in total. The fraction of sp³-hybridized carbons (Fsp3) is 0.649. The van der Waals surface area contributed by atoms with E-state index < -0.39 is 5.97 Å². The highest BCUT2D eigenvalue weighted by Crippen LogP contribution is 2.45. The summed E-state index contributed by atoms with van der Waals surface area (Å²) in [5.41, 5.74) is 5.87. The first-order chi connectivity index (χ1) is 19.4. The maximum atomic E-state index is 11.1. The van der Waals surface area contributed by atoms with Crippen LogP contribution < -0.4 is 9.47 Å². The Morgan fingerprint density at radius 1 is 0.878 bits per heavy atom. The van der Waals surface area contributed by atoms with E-state index in [4.69, 9.17) is 14.6 Å². The number of hydrogen-bond donors (Lipinski definition) is 1. The lowest BCUT2D eigenvalue weighted by Crippen LogP contribution is -2.37. The van der Waals surface area contributed by atoms with Gasteiger partial charge in [0, 0.05) is 5.56 Å². The van der Waals surface area contributed by atoms with Crippen LogP contribution in [0.5, 0.6) is 11.5 Å². The fourth-order valence-electron chi connectivity index (χ4n) is 6.38. The summed E-state index contributed by atoms with van der Waals surface area (Å²) >= 11 is 0. The van der Waals surface area contributed by atoms with Crippen LogP contribution in [0.3, 0.4) is 0 Å². The molecule has 41 heavy (non-hydrogen) atoms. The van der Waals surface area contributed by atoms with Gasteiger partial charge in [0.2, 0.25) is 0 Å². The van der Waals surface area contributed by atoms with Gasteiger partial charge in [0.25, 0.3) is 0 Å². The SMILES string of the molecule is Cc1c(C)c2c(c(C)c1OCc1ccc(C(=O)O)cc1)CC[C@@](C)(CCCC(C)CCCC(C)CCCC(C)C)O2. The molecule has 0 aromatic heterocycles. The molecule has 4 nitrogen and oxygen atoms in total. The minimum absolute atomic E-state index is 0.116. The third-order valence-corrected chi connectivity index (χ3v) is 9.42. The van der Waals surface area contributed by atoms with Crippen molar-refractivity contribution in [1.29, 1.82) is 0 Å². The highest BCUT2D eigenvalue weighted by atomic mass is 16.5. The molecule has 0 aliphatic carbocycles. The van der Waals surface area contributed by atoms with Crippen molar-refractivity contribution in [2.24, 2.45) is 17.8 Å². The number of carboxylic acids is 1. The van der Waals surface area contributed by atoms with Crippen LogP contribution in [-0.2, 0) is 13.0 Å². The largest absolute Gasteiger partial charge is 0.488 e. The van der Waals surface area contributed by atoms with Crippen LogP contribution in [0.25, 0.3) is 0 Å². The fourth-order valence-corrected chi connectivity index (χ4v) is 6.38. The van der Waals surface area contributed by atoms with Crippen LogP contribution in [0.15, 0.2) is 24.3 Å². The third-order valence-electron chi connectivity index (χ3n) is 9.42. The molecule has 1 aliphatic heterocycles. The van der Waals surface area contributed by atoms with E-state index >= 15 is 0 Å². The average Bonchev–Trinajstić information content (AvgIpc) is 2.91. The summed E-state index contributed by atoms with van der Waals surface area (Å²) in [6, 6.07) is 6.91. The Morgan fingerprint density at radius 3 is 2.05 bits per heavy atom. The molecule has 0 bridgehead atoms. The molecular formula is C37H56O4. The second-order valence-corrected chi connectivity index (χ2v) is 13.7. The maximum absolute atomic E-state index is 11.1. The molecule has 3 rings (SSSR count). The minimum atomic E-state index is -0.913. The van der Waals surface area contributed by atoms with Gasteiger partial charge >= 0.3 is 5.97 Å². The van der Waals surface area contributed by atoms with E-state index in [1.54, 1.807) is 12.1 Å². The molecule has 0 fully saturated rings. The van der Waals surface area contributed by atoms with Crippen molar-refractivity contribution in [3.8, 4) is 11.5 Å². The number of hydrogen-bond acceptors (Lipinski definition) is 3. The van der Waals surface area contributed by atoms with Crippen LogP contribution in [0.2, 0.25) is 0 Å². The normalized spacial score (nSPS) is 18.1. The summed E-state index contributed by atoms with van der Waals surface area (Å²) in [4.78, 5) is 11.1. The maximum Gasteiger partial charge on any atom is 0.335 e. The summed E-state index contributed by atoms with van der Waals surface area (Å²) in [7, 11) is 0. The van der Waals surface area contributed by atoms with Gasteiger partial charge in [0.05, 0.1) is 5.56 Å². The Hall–Kier alpha value is -2.49. The number of aromatic carboxylic acids is 1. The Labute approximate surface area is 250 Å². The van der Waals surface area contributed by atoms with Crippen LogP contribution in [-0.4, -0.2) is 16.7 Å². The van der Waals surface area contributed by atoms with Crippen molar-refractivity contribution in [2.75, 3.05) is 0 Å². The number of carboxylic acid groups (broad SMARTS) is 1. The van der Waals surface area contributed by atoms with Crippen molar-refractivity contribution in [3.63, 3.8) is 0 Å². The molecule has 228 valence electrons. The van der Waals surface area contributed by atoms with Crippen molar-refractivity contribution in [2.45, 2.75) is 138 Å². The zero-order valence-electron chi connectivity index (χ0n) is 27.2. The van der Waals surface area contributed by atoms with E-state index in [9.17, 15) is 4.79 Å². The summed E-state index contributed by atoms with van der Waals surface area (Å²) in [6.45, 7) is 18.7. The van der Waals surface area contributed by atoms with Gasteiger partial charge in [-0.05, 0) is 106 Å². The van der Waals surface area contributed by atoms with Gasteiger partial charge in [-0.1, -0.05) is 84.8 Å². The summed E-state index contributed by atoms with van der Waals surface area (Å²) in [5, 5.41) is 9.15. The molecule has 0 saturated heterocycles. The van der Waals surface area contributed by atoms with Crippen molar-refractivity contribution in [1.82, 2.24) is 0 Å². The van der Waals surface area contributed by atoms with E-state index in [1.807, 2.05) is 12.1 Å². The highest BCUT2D eigenvalue weighted by molar-refractivity contribution is 5.87. The second kappa shape index (κ2) is 15.1. The van der Waals surface area contributed by atoms with Crippen molar-refractivity contribution in [3.05, 3.63) is 57.6 Å². The predicted molar refractivity (Wildman–Crippen MR) is 170 cm³/mol. The first-order valence-corrected chi connectivity index (χ1v) is 16.2. The lowest BCUT2D eigenvalue weighted by Gasteiger charge is -2.38. The smallest absolute Gasteiger partial charge is 0.335 e. The highest BCUT2D eigenvalue weighted by Gasteiger charge is 2.34. The van der Waals surface area contributed by atoms with Gasteiger partial charge in [-0.15, -0.1) is 0 Å². The van der Waals surface area contributed by atoms with E-state index in [2.05, 4.69) is 55.4 Å². The van der Waals surface area contributed by atoms with Crippen LogP contribution in [0, 0.1) is 38.5 Å². The van der Waals surface area contributed by atoms with Gasteiger partial charge < -0.3 is 14.6 Å². The molecular weight excluding hydrogens is 508 g/mol. The zero-order chi connectivity index (χ0) is 30.2. The van der Waals surface area contributed by atoms with Gasteiger partial charge in [-0.25, -0.2) is 4.79 Å². The van der Waals surface area contributed by atoms with E-state index in [0.717, 1.165) is 59.6 Å². The summed E-state index contributed by atoms with van der Waals surface area (Å²) < 4.78 is 13.1. The monoisotopic (exact) mass is 564 g/mol. The van der Waals surface area contributed by atoms with E-state index in [-0.39, 0.29) is 11.2 Å². The first-order valence-electron chi connectivity index (χ1n) is 16.2. The van der Waals surface area contributed by atoms with Crippen molar-refractivity contribution >= 4 is 5.97 Å². The summed E-state index contributed by atoms with van der Waals surface area (Å²) in [6.07, 6.45) is 13.9. The van der Waals surface area contributed by atoms with Gasteiger partial charge in [-0.2, -0.15) is 0 Å². The van der Waals surface area contributed by atoms with Crippen LogP contribution in [0.1, 0.15) is 137 Å². The molecule has 2 aromatic rings. The summed E-state index contributed by atoms with van der Waals surface area (Å²) in [5.74, 6) is 3.55. The predicted octanol–water partition coefficient (Wildman–Crippen LogP) is 10.4. The number of fused-ring (bicyclic) bond motifs is 1. The van der Waals surface area contributed by atoms with Gasteiger partial charge in [0.1, 0.15) is 23.7 Å². The number of benzene rings is 2. The number of ether oxygens (including phenoxy) is 2. The van der Waals surface area contributed by atoms with Gasteiger partial charge in [-0.3, -0.25) is 0 Å². The molecule has 1 aliphatic rings. The Morgan fingerprint density at radius 2 is 1.46 bits per heavy atom. The number of carbonyl (C=O) groups is 1. The van der Waals surface area contributed by atoms with Gasteiger partial charge in [0.15, 0.2) is 0 Å². The molecule has 1 heterocycles. The topological polar surface area (TPSA) is 55.8 Å². The van der Waals surface area contributed by atoms with E-state index in [0.29, 0.717) is 6.61 Å². The van der Waals surface area contributed by atoms with Crippen LogP contribution >= 0.6 is 0 Å². The third kappa shape index (κ3) is 9.51. The molecule has 4 heteroatoms. The van der Waals surface area contributed by atoms with Crippen LogP contribution in [0.4, 0.5) is 0 Å². The first kappa shape index (κ1) is 33.0. The Kier molecular flexibility index (Phi) is 12.2. The average molecular weight is 565 g/mol. The minimum Gasteiger partial charge on any atom is -0.488 e. The Bertz CT molecular complexity index is 1130. The number of rotatable bonds is 16. The molecule has 0 amide bonds. The Balaban J connectivity index is 1.50. The molecule has 0 radical (unpaired) electrons. The van der Waals surface area contributed by atoms with E-state index in [1.165, 1.54) is 68.1 Å². The molecule has 2 aromatic carbocycles. The zero-order valence-corrected chi connectivity index (χ0v) is 27.2. The molecule has 0 saturated carbocycles. The lowest BCUT2D eigenvalue weighted by molar-refractivity contribution is 0.0511. The van der Waals surface area contributed by atoms with Crippen molar-refractivity contribution < 1.29 is 19.4 Å². The second-order valence-electron chi connectivity index (χ2n) is 13.7. The quantitative estimate of drug-likeness (QED) is 0.220. The molecule has 0 spiro atoms. The molecule has 3 atom stereocenters. The standard InChI is InChI=1S/C37H56O4/c1-25(2)12-9-13-26(3)14-10-15-27(4)16-11-22-37(8)23-21-33-30(7)34(28(5)29(6)35(33)41-37)40-24-31-17-19-32(20-18-31)36(38)39/h17-20,25-27H,9-16,21-24H2,1-8H3,(H,38,39)/t26?,27?,37-/m1/s1. The molecule has 2 unspecified atom stereocenters.